The van der Waals surface area contributed by atoms with E-state index in [1.165, 1.54) is 17.4 Å². The Hall–Kier alpha value is -2.47. The summed E-state index contributed by atoms with van der Waals surface area (Å²) in [5.74, 6) is -0.800. The Morgan fingerprint density at radius 3 is 2.90 bits per heavy atom. The number of hydrogen-bond donors (Lipinski definition) is 2. The van der Waals surface area contributed by atoms with Crippen molar-refractivity contribution in [2.24, 2.45) is 0 Å². The molecule has 0 saturated heterocycles. The van der Waals surface area contributed by atoms with Crippen molar-refractivity contribution in [1.29, 1.82) is 0 Å². The molecule has 2 N–H and O–H groups in total. The quantitative estimate of drug-likeness (QED) is 0.848. The third-order valence-corrected chi connectivity index (χ3v) is 3.30. The van der Waals surface area contributed by atoms with Gasteiger partial charge in [0.05, 0.1) is 5.56 Å². The minimum atomic E-state index is -1.02. The van der Waals surface area contributed by atoms with E-state index in [0.717, 1.165) is 11.8 Å². The second-order valence-corrected chi connectivity index (χ2v) is 4.97. The fourth-order valence-electron chi connectivity index (χ4n) is 1.51. The highest BCUT2D eigenvalue weighted by Crippen LogP contribution is 2.17. The van der Waals surface area contributed by atoms with Crippen LogP contribution in [0.25, 0.3) is 6.08 Å². The van der Waals surface area contributed by atoms with Gasteiger partial charge in [0.15, 0.2) is 0 Å². The number of anilines is 1. The van der Waals surface area contributed by atoms with Crippen LogP contribution in [0.4, 0.5) is 5.82 Å². The molecule has 0 bridgehead atoms. The SMILES string of the molecule is Cc1cccc(NC(=O)c2csc(C=CC(=O)O)c2)n1. The molecule has 1 amide bonds. The Balaban J connectivity index is 2.08. The predicted molar refractivity (Wildman–Crippen MR) is 77.9 cm³/mol. The number of nitrogens with zero attached hydrogens (tertiary/aromatic N) is 1. The fraction of sp³-hybridized carbons (Fsp3) is 0.0714. The van der Waals surface area contributed by atoms with Crippen LogP contribution in [-0.2, 0) is 4.79 Å². The summed E-state index contributed by atoms with van der Waals surface area (Å²) in [5.41, 5.74) is 1.29. The molecule has 6 heteroatoms. The second-order valence-electron chi connectivity index (χ2n) is 4.03. The van der Waals surface area contributed by atoms with Gasteiger partial charge in [0.25, 0.3) is 5.91 Å². The number of carboxylic acids is 1. The average molecular weight is 288 g/mol. The number of nitrogens with one attached hydrogen (secondary N) is 1. The molecule has 0 saturated carbocycles. The van der Waals surface area contributed by atoms with Crippen LogP contribution in [0.5, 0.6) is 0 Å². The molecule has 2 aromatic heterocycles. The monoisotopic (exact) mass is 288 g/mol. The van der Waals surface area contributed by atoms with Gasteiger partial charge in [-0.1, -0.05) is 6.07 Å². The molecule has 20 heavy (non-hydrogen) atoms. The number of amides is 1. The molecule has 2 aromatic rings. The van der Waals surface area contributed by atoms with Crippen molar-refractivity contribution in [3.05, 3.63) is 51.9 Å². The lowest BCUT2D eigenvalue weighted by atomic mass is 10.2. The number of aromatic nitrogens is 1. The third-order valence-electron chi connectivity index (χ3n) is 2.40. The lowest BCUT2D eigenvalue weighted by molar-refractivity contribution is -0.131. The maximum atomic E-state index is 12.0. The first kappa shape index (κ1) is 14.0. The molecule has 0 atom stereocenters. The highest BCUT2D eigenvalue weighted by atomic mass is 32.1. The van der Waals surface area contributed by atoms with E-state index in [9.17, 15) is 9.59 Å². The van der Waals surface area contributed by atoms with E-state index in [0.29, 0.717) is 16.3 Å². The Bertz CT molecular complexity index is 677. The molecular formula is C14H12N2O3S. The summed E-state index contributed by atoms with van der Waals surface area (Å²) < 4.78 is 0. The van der Waals surface area contributed by atoms with Gasteiger partial charge in [0, 0.05) is 22.0 Å². The zero-order valence-electron chi connectivity index (χ0n) is 10.7. The lowest BCUT2D eigenvalue weighted by Crippen LogP contribution is -2.12. The molecule has 0 aromatic carbocycles. The summed E-state index contributed by atoms with van der Waals surface area (Å²) in [6, 6.07) is 7.00. The van der Waals surface area contributed by atoms with Crippen LogP contribution in [0.2, 0.25) is 0 Å². The van der Waals surface area contributed by atoms with Gasteiger partial charge in [-0.2, -0.15) is 0 Å². The summed E-state index contributed by atoms with van der Waals surface area (Å²) in [6.45, 7) is 1.84. The number of hydrogen-bond acceptors (Lipinski definition) is 4. The molecule has 0 radical (unpaired) electrons. The molecular weight excluding hydrogens is 276 g/mol. The first-order valence-corrected chi connectivity index (χ1v) is 6.67. The standard InChI is InChI=1S/C14H12N2O3S/c1-9-3-2-4-12(15-9)16-14(19)10-7-11(20-8-10)5-6-13(17)18/h2-8H,1H3,(H,17,18)(H,15,16,19). The summed E-state index contributed by atoms with van der Waals surface area (Å²) in [5, 5.41) is 12.9. The van der Waals surface area contributed by atoms with Crippen molar-refractivity contribution in [3.8, 4) is 0 Å². The van der Waals surface area contributed by atoms with E-state index in [-0.39, 0.29) is 5.91 Å². The van der Waals surface area contributed by atoms with Gasteiger partial charge in [-0.05, 0) is 31.2 Å². The number of aryl methyl sites for hydroxylation is 1. The molecule has 5 nitrogen and oxygen atoms in total. The first-order valence-electron chi connectivity index (χ1n) is 5.79. The number of carboxylic acid groups (broad SMARTS) is 1. The third kappa shape index (κ3) is 3.76. The normalized spacial score (nSPS) is 10.7. The fourth-order valence-corrected chi connectivity index (χ4v) is 2.29. The summed E-state index contributed by atoms with van der Waals surface area (Å²) in [6.07, 6.45) is 2.49. The van der Waals surface area contributed by atoms with Crippen LogP contribution in [0.1, 0.15) is 20.9 Å². The zero-order valence-corrected chi connectivity index (χ0v) is 11.5. The van der Waals surface area contributed by atoms with Gasteiger partial charge in [0.1, 0.15) is 5.82 Å². The van der Waals surface area contributed by atoms with Gasteiger partial charge >= 0.3 is 5.97 Å². The molecule has 2 rings (SSSR count). The summed E-state index contributed by atoms with van der Waals surface area (Å²) >= 11 is 1.30. The van der Waals surface area contributed by atoms with Crippen LogP contribution >= 0.6 is 11.3 Å². The van der Waals surface area contributed by atoms with Crippen molar-refractivity contribution in [1.82, 2.24) is 4.98 Å². The maximum Gasteiger partial charge on any atom is 0.328 e. The van der Waals surface area contributed by atoms with Crippen molar-refractivity contribution in [2.45, 2.75) is 6.92 Å². The van der Waals surface area contributed by atoms with Crippen molar-refractivity contribution >= 4 is 35.1 Å². The van der Waals surface area contributed by atoms with E-state index in [2.05, 4.69) is 10.3 Å². The van der Waals surface area contributed by atoms with Gasteiger partial charge in [-0.3, -0.25) is 4.79 Å². The number of rotatable bonds is 4. The zero-order chi connectivity index (χ0) is 14.5. The highest BCUT2D eigenvalue weighted by molar-refractivity contribution is 7.11. The Morgan fingerprint density at radius 1 is 1.40 bits per heavy atom. The second kappa shape index (κ2) is 6.12. The minimum absolute atomic E-state index is 0.269. The summed E-state index contributed by atoms with van der Waals surface area (Å²) in [7, 11) is 0. The maximum absolute atomic E-state index is 12.0. The molecule has 0 aliphatic carbocycles. The van der Waals surface area contributed by atoms with Crippen LogP contribution in [0.3, 0.4) is 0 Å². The Labute approximate surface area is 119 Å². The van der Waals surface area contributed by atoms with Crippen LogP contribution in [0.15, 0.2) is 35.7 Å². The van der Waals surface area contributed by atoms with Gasteiger partial charge in [-0.15, -0.1) is 11.3 Å². The van der Waals surface area contributed by atoms with Crippen LogP contribution < -0.4 is 5.32 Å². The molecule has 0 aliphatic rings. The lowest BCUT2D eigenvalue weighted by Gasteiger charge is -2.03. The van der Waals surface area contributed by atoms with E-state index in [1.807, 2.05) is 19.1 Å². The topological polar surface area (TPSA) is 79.3 Å². The minimum Gasteiger partial charge on any atom is -0.478 e. The van der Waals surface area contributed by atoms with Gasteiger partial charge in [0.2, 0.25) is 0 Å². The molecule has 0 fully saturated rings. The van der Waals surface area contributed by atoms with Gasteiger partial charge in [-0.25, -0.2) is 9.78 Å². The number of carbonyl (C=O) groups is 2. The Kier molecular flexibility index (Phi) is 4.27. The molecule has 2 heterocycles. The predicted octanol–water partition coefficient (Wildman–Crippen LogP) is 2.80. The number of aliphatic carboxylic acids is 1. The molecule has 0 unspecified atom stereocenters. The smallest absolute Gasteiger partial charge is 0.328 e. The van der Waals surface area contributed by atoms with Crippen LogP contribution in [0, 0.1) is 6.92 Å². The van der Waals surface area contributed by atoms with E-state index < -0.39 is 5.97 Å². The molecule has 0 aliphatic heterocycles. The molecule has 0 spiro atoms. The average Bonchev–Trinajstić information content (AvgIpc) is 2.85. The highest BCUT2D eigenvalue weighted by Gasteiger charge is 2.09. The van der Waals surface area contributed by atoms with Crippen LogP contribution in [-0.4, -0.2) is 22.0 Å². The Morgan fingerprint density at radius 2 is 2.20 bits per heavy atom. The van der Waals surface area contributed by atoms with E-state index in [1.54, 1.807) is 17.5 Å². The van der Waals surface area contributed by atoms with Crippen molar-refractivity contribution in [2.75, 3.05) is 5.32 Å². The van der Waals surface area contributed by atoms with Crippen molar-refractivity contribution < 1.29 is 14.7 Å². The molecule has 102 valence electrons. The van der Waals surface area contributed by atoms with E-state index >= 15 is 0 Å². The van der Waals surface area contributed by atoms with Crippen molar-refractivity contribution in [3.63, 3.8) is 0 Å². The number of carbonyl (C=O) groups excluding carboxylic acids is 1. The number of pyridine rings is 1. The largest absolute Gasteiger partial charge is 0.478 e. The summed E-state index contributed by atoms with van der Waals surface area (Å²) in [4.78, 5) is 27.3. The van der Waals surface area contributed by atoms with E-state index in [4.69, 9.17) is 5.11 Å². The number of thiophene rings is 1. The van der Waals surface area contributed by atoms with Gasteiger partial charge < -0.3 is 10.4 Å². The first-order chi connectivity index (χ1) is 9.54.